The van der Waals surface area contributed by atoms with E-state index in [4.69, 9.17) is 11.6 Å². The quantitative estimate of drug-likeness (QED) is 0.610. The first kappa shape index (κ1) is 13.6. The van der Waals surface area contributed by atoms with Gasteiger partial charge in [0.1, 0.15) is 0 Å². The fourth-order valence-corrected chi connectivity index (χ4v) is 2.72. The lowest BCUT2D eigenvalue weighted by Crippen LogP contribution is -1.92. The normalized spacial score (nSPS) is 12.3. The molecular formula is C16H16BrCl. The van der Waals surface area contributed by atoms with Crippen LogP contribution in [0.3, 0.4) is 0 Å². The zero-order valence-corrected chi connectivity index (χ0v) is 12.5. The van der Waals surface area contributed by atoms with E-state index in [0.717, 1.165) is 17.9 Å². The van der Waals surface area contributed by atoms with Crippen molar-refractivity contribution in [3.8, 4) is 0 Å². The van der Waals surface area contributed by atoms with Crippen LogP contribution in [0.2, 0.25) is 5.02 Å². The van der Waals surface area contributed by atoms with Crippen LogP contribution in [0, 0.1) is 0 Å². The van der Waals surface area contributed by atoms with Gasteiger partial charge >= 0.3 is 0 Å². The van der Waals surface area contributed by atoms with Gasteiger partial charge in [0.05, 0.1) is 0 Å². The summed E-state index contributed by atoms with van der Waals surface area (Å²) >= 11 is 9.62. The molecule has 0 N–H and O–H groups in total. The Labute approximate surface area is 122 Å². The molecule has 0 heterocycles. The number of rotatable bonds is 5. The smallest absolute Gasteiger partial charge is 0.0406 e. The average Bonchev–Trinajstić information content (AvgIpc) is 2.42. The predicted molar refractivity (Wildman–Crippen MR) is 82.5 cm³/mol. The molecule has 0 nitrogen and oxygen atoms in total. The summed E-state index contributed by atoms with van der Waals surface area (Å²) in [6.45, 7) is 0. The highest BCUT2D eigenvalue weighted by molar-refractivity contribution is 9.09. The van der Waals surface area contributed by atoms with Crippen molar-refractivity contribution in [3.05, 3.63) is 70.7 Å². The van der Waals surface area contributed by atoms with E-state index in [2.05, 4.69) is 58.4 Å². The van der Waals surface area contributed by atoms with Gasteiger partial charge in [0.2, 0.25) is 0 Å². The van der Waals surface area contributed by atoms with Gasteiger partial charge in [-0.2, -0.15) is 0 Å². The van der Waals surface area contributed by atoms with Crippen molar-refractivity contribution in [1.82, 2.24) is 0 Å². The number of hydrogen-bond acceptors (Lipinski definition) is 0. The van der Waals surface area contributed by atoms with Gasteiger partial charge in [0.25, 0.3) is 0 Å². The topological polar surface area (TPSA) is 0 Å². The maximum absolute atomic E-state index is 5.87. The van der Waals surface area contributed by atoms with Crippen LogP contribution in [0.15, 0.2) is 54.6 Å². The van der Waals surface area contributed by atoms with Gasteiger partial charge in [-0.1, -0.05) is 70.0 Å². The third kappa shape index (κ3) is 4.15. The van der Waals surface area contributed by atoms with Crippen LogP contribution in [0.4, 0.5) is 0 Å². The average molecular weight is 324 g/mol. The monoisotopic (exact) mass is 322 g/mol. The van der Waals surface area contributed by atoms with Crippen molar-refractivity contribution in [1.29, 1.82) is 0 Å². The molecule has 0 radical (unpaired) electrons. The number of hydrogen-bond donors (Lipinski definition) is 0. The molecule has 94 valence electrons. The van der Waals surface area contributed by atoms with Crippen molar-refractivity contribution >= 4 is 27.5 Å². The largest absolute Gasteiger partial charge is 0.0843 e. The lowest BCUT2D eigenvalue weighted by atomic mass is 10.0. The highest BCUT2D eigenvalue weighted by Crippen LogP contribution is 2.28. The van der Waals surface area contributed by atoms with Crippen LogP contribution in [-0.2, 0) is 6.42 Å². The van der Waals surface area contributed by atoms with Crippen molar-refractivity contribution in [3.63, 3.8) is 0 Å². The second kappa shape index (κ2) is 6.96. The van der Waals surface area contributed by atoms with Gasteiger partial charge in [-0.25, -0.2) is 0 Å². The third-order valence-electron chi connectivity index (χ3n) is 3.00. The van der Waals surface area contributed by atoms with Crippen LogP contribution < -0.4 is 0 Å². The molecule has 2 aromatic rings. The maximum atomic E-state index is 5.87. The minimum Gasteiger partial charge on any atom is -0.0843 e. The molecule has 2 heteroatoms. The molecule has 0 aliphatic heterocycles. The van der Waals surface area contributed by atoms with Gasteiger partial charge in [-0.05, 0) is 42.5 Å². The summed E-state index contributed by atoms with van der Waals surface area (Å²) in [4.78, 5) is 0.450. The molecule has 0 aromatic heterocycles. The zero-order chi connectivity index (χ0) is 12.8. The Morgan fingerprint density at radius 1 is 0.944 bits per heavy atom. The maximum Gasteiger partial charge on any atom is 0.0406 e. The van der Waals surface area contributed by atoms with E-state index in [1.807, 2.05) is 12.1 Å². The molecule has 18 heavy (non-hydrogen) atoms. The second-order valence-electron chi connectivity index (χ2n) is 4.40. The summed E-state index contributed by atoms with van der Waals surface area (Å²) in [5.41, 5.74) is 2.71. The minimum atomic E-state index is 0.450. The predicted octanol–water partition coefficient (Wildman–Crippen LogP) is 5.80. The Kier molecular flexibility index (Phi) is 5.27. The molecule has 2 rings (SSSR count). The van der Waals surface area contributed by atoms with Crippen LogP contribution in [0.25, 0.3) is 0 Å². The molecule has 1 atom stereocenters. The van der Waals surface area contributed by atoms with Gasteiger partial charge in [0.15, 0.2) is 0 Å². The van der Waals surface area contributed by atoms with Crippen molar-refractivity contribution in [2.24, 2.45) is 0 Å². The summed E-state index contributed by atoms with van der Waals surface area (Å²) in [7, 11) is 0. The van der Waals surface area contributed by atoms with Crippen molar-refractivity contribution < 1.29 is 0 Å². The highest BCUT2D eigenvalue weighted by Gasteiger charge is 2.06. The fraction of sp³-hybridized carbons (Fsp3) is 0.250. The number of alkyl halides is 1. The van der Waals surface area contributed by atoms with Crippen LogP contribution in [0.5, 0.6) is 0 Å². The molecule has 0 bridgehead atoms. The molecular weight excluding hydrogens is 308 g/mol. The van der Waals surface area contributed by atoms with Gasteiger partial charge < -0.3 is 0 Å². The molecule has 0 saturated carbocycles. The Bertz CT molecular complexity index is 464. The number of benzene rings is 2. The first-order valence-electron chi connectivity index (χ1n) is 6.19. The fourth-order valence-electron chi connectivity index (χ4n) is 1.97. The summed E-state index contributed by atoms with van der Waals surface area (Å²) in [6, 6.07) is 18.7. The second-order valence-corrected chi connectivity index (χ2v) is 5.94. The molecule has 2 aromatic carbocycles. The molecule has 1 unspecified atom stereocenters. The highest BCUT2D eigenvalue weighted by atomic mass is 79.9. The lowest BCUT2D eigenvalue weighted by molar-refractivity contribution is 0.729. The molecule has 0 saturated heterocycles. The summed E-state index contributed by atoms with van der Waals surface area (Å²) < 4.78 is 0. The lowest BCUT2D eigenvalue weighted by Gasteiger charge is -2.09. The number of aryl methyl sites for hydroxylation is 1. The number of halogens is 2. The van der Waals surface area contributed by atoms with Crippen molar-refractivity contribution in [2.45, 2.75) is 24.1 Å². The third-order valence-corrected chi connectivity index (χ3v) is 4.24. The van der Waals surface area contributed by atoms with E-state index in [-0.39, 0.29) is 0 Å². The minimum absolute atomic E-state index is 0.450. The Morgan fingerprint density at radius 3 is 2.28 bits per heavy atom. The van der Waals surface area contributed by atoms with E-state index >= 15 is 0 Å². The molecule has 0 fully saturated rings. The molecule has 0 spiro atoms. The Hall–Kier alpha value is -0.790. The van der Waals surface area contributed by atoms with Gasteiger partial charge in [-0.15, -0.1) is 0 Å². The molecule has 0 aliphatic rings. The van der Waals surface area contributed by atoms with E-state index < -0.39 is 0 Å². The standard InChI is InChI=1S/C16H16BrCl/c17-16(14-6-2-1-3-7-14)8-4-5-13-9-11-15(18)12-10-13/h1-3,6-7,9-12,16H,4-5,8H2. The van der Waals surface area contributed by atoms with Crippen LogP contribution in [-0.4, -0.2) is 0 Å². The van der Waals surface area contributed by atoms with E-state index in [1.54, 1.807) is 0 Å². The summed E-state index contributed by atoms with van der Waals surface area (Å²) in [5, 5.41) is 0.807. The zero-order valence-electron chi connectivity index (χ0n) is 10.2. The van der Waals surface area contributed by atoms with E-state index in [1.165, 1.54) is 17.5 Å². The van der Waals surface area contributed by atoms with Crippen molar-refractivity contribution in [2.75, 3.05) is 0 Å². The van der Waals surface area contributed by atoms with Crippen LogP contribution in [0.1, 0.15) is 28.8 Å². The Morgan fingerprint density at radius 2 is 1.61 bits per heavy atom. The summed E-state index contributed by atoms with van der Waals surface area (Å²) in [6.07, 6.45) is 3.42. The Balaban J connectivity index is 1.80. The van der Waals surface area contributed by atoms with Gasteiger partial charge in [0, 0.05) is 9.85 Å². The van der Waals surface area contributed by atoms with Crippen LogP contribution >= 0.6 is 27.5 Å². The SMILES string of the molecule is Clc1ccc(CCCC(Br)c2ccccc2)cc1. The summed E-state index contributed by atoms with van der Waals surface area (Å²) in [5.74, 6) is 0. The molecule has 0 amide bonds. The van der Waals surface area contributed by atoms with E-state index in [0.29, 0.717) is 4.83 Å². The van der Waals surface area contributed by atoms with E-state index in [9.17, 15) is 0 Å². The van der Waals surface area contributed by atoms with Gasteiger partial charge in [-0.3, -0.25) is 0 Å². The molecule has 0 aliphatic carbocycles. The first-order valence-corrected chi connectivity index (χ1v) is 7.48. The first-order chi connectivity index (χ1) is 8.75.